The molecule has 0 spiro atoms. The number of hydrogen-bond acceptors (Lipinski definition) is 5. The quantitative estimate of drug-likeness (QED) is 0.466. The second-order valence-electron chi connectivity index (χ2n) is 5.57. The fourth-order valence-corrected chi connectivity index (χ4v) is 2.30. The molecule has 0 bridgehead atoms. The summed E-state index contributed by atoms with van der Waals surface area (Å²) in [5, 5.41) is 9.10. The lowest BCUT2D eigenvalue weighted by molar-refractivity contribution is 0.0304. The van der Waals surface area contributed by atoms with E-state index in [1.807, 2.05) is 36.4 Å². The zero-order valence-electron chi connectivity index (χ0n) is 13.9. The second kappa shape index (κ2) is 8.09. The standard InChI is InChI=1S/C19H18N4O3/c20-17(14-9-5-2-6-10-14)26-19(25)16-11-15(22-23-16)18(24)21-12-13-7-3-1-4-8-13/h1-11,17H,12,20H2,(H,21,24)(H,22,23). The third kappa shape index (κ3) is 4.34. The summed E-state index contributed by atoms with van der Waals surface area (Å²) >= 11 is 0. The van der Waals surface area contributed by atoms with Gasteiger partial charge in [-0.15, -0.1) is 0 Å². The van der Waals surface area contributed by atoms with Gasteiger partial charge in [-0.2, -0.15) is 5.10 Å². The van der Waals surface area contributed by atoms with Gasteiger partial charge in [0.15, 0.2) is 11.9 Å². The van der Waals surface area contributed by atoms with Crippen LogP contribution in [-0.4, -0.2) is 22.1 Å². The van der Waals surface area contributed by atoms with Gasteiger partial charge in [0, 0.05) is 18.2 Å². The monoisotopic (exact) mass is 350 g/mol. The summed E-state index contributed by atoms with van der Waals surface area (Å²) in [5.74, 6) is -1.08. The van der Waals surface area contributed by atoms with Crippen LogP contribution in [-0.2, 0) is 11.3 Å². The summed E-state index contributed by atoms with van der Waals surface area (Å²) in [7, 11) is 0. The lowest BCUT2D eigenvalue weighted by atomic mass is 10.2. The number of esters is 1. The summed E-state index contributed by atoms with van der Waals surface area (Å²) in [5.41, 5.74) is 7.64. The van der Waals surface area contributed by atoms with E-state index in [9.17, 15) is 9.59 Å². The zero-order chi connectivity index (χ0) is 18.4. The van der Waals surface area contributed by atoms with Crippen LogP contribution in [0.25, 0.3) is 0 Å². The fraction of sp³-hybridized carbons (Fsp3) is 0.105. The number of nitrogens with zero attached hydrogens (tertiary/aromatic N) is 1. The molecule has 0 aliphatic rings. The Labute approximate surface area is 150 Å². The Morgan fingerprint density at radius 3 is 2.42 bits per heavy atom. The number of carbonyl (C=O) groups excluding carboxylic acids is 2. The van der Waals surface area contributed by atoms with Crippen molar-refractivity contribution in [1.29, 1.82) is 0 Å². The summed E-state index contributed by atoms with van der Waals surface area (Å²) < 4.78 is 5.17. The van der Waals surface area contributed by atoms with E-state index in [0.717, 1.165) is 5.56 Å². The first kappa shape index (κ1) is 17.4. The number of hydrogen-bond donors (Lipinski definition) is 3. The minimum Gasteiger partial charge on any atom is -0.438 e. The van der Waals surface area contributed by atoms with E-state index in [-0.39, 0.29) is 17.3 Å². The number of nitrogens with one attached hydrogen (secondary N) is 2. The maximum Gasteiger partial charge on any atom is 0.360 e. The Balaban J connectivity index is 1.58. The number of nitrogens with two attached hydrogens (primary N) is 1. The van der Waals surface area contributed by atoms with Gasteiger partial charge in [-0.3, -0.25) is 15.6 Å². The molecule has 1 amide bonds. The van der Waals surface area contributed by atoms with Crippen LogP contribution in [0.3, 0.4) is 0 Å². The van der Waals surface area contributed by atoms with Crippen molar-refractivity contribution >= 4 is 11.9 Å². The van der Waals surface area contributed by atoms with Gasteiger partial charge in [0.05, 0.1) is 0 Å². The van der Waals surface area contributed by atoms with E-state index < -0.39 is 12.2 Å². The van der Waals surface area contributed by atoms with Gasteiger partial charge in [-0.25, -0.2) is 4.79 Å². The maximum atomic E-state index is 12.1. The number of carbonyl (C=O) groups is 2. The maximum absolute atomic E-state index is 12.1. The molecule has 0 saturated heterocycles. The molecule has 0 fully saturated rings. The van der Waals surface area contributed by atoms with Crippen molar-refractivity contribution in [2.45, 2.75) is 12.8 Å². The molecule has 1 aromatic heterocycles. The van der Waals surface area contributed by atoms with Crippen molar-refractivity contribution in [3.05, 3.63) is 89.2 Å². The summed E-state index contributed by atoms with van der Waals surface area (Å²) in [6, 6.07) is 19.8. The van der Waals surface area contributed by atoms with E-state index in [1.165, 1.54) is 6.07 Å². The molecule has 1 atom stereocenters. The van der Waals surface area contributed by atoms with Crippen molar-refractivity contribution in [2.24, 2.45) is 5.73 Å². The second-order valence-corrected chi connectivity index (χ2v) is 5.57. The van der Waals surface area contributed by atoms with Crippen LogP contribution >= 0.6 is 0 Å². The Morgan fingerprint density at radius 2 is 1.73 bits per heavy atom. The molecule has 0 aliphatic carbocycles. The van der Waals surface area contributed by atoms with Gasteiger partial charge in [0.25, 0.3) is 5.91 Å². The summed E-state index contributed by atoms with van der Waals surface area (Å²) in [6.45, 7) is 0.372. The van der Waals surface area contributed by atoms with Crippen LogP contribution in [0.15, 0.2) is 66.7 Å². The van der Waals surface area contributed by atoms with Crippen molar-refractivity contribution in [3.8, 4) is 0 Å². The Kier molecular flexibility index (Phi) is 5.40. The first-order chi connectivity index (χ1) is 12.6. The van der Waals surface area contributed by atoms with E-state index in [0.29, 0.717) is 12.1 Å². The lowest BCUT2D eigenvalue weighted by Crippen LogP contribution is -2.23. The molecule has 0 radical (unpaired) electrons. The molecule has 0 saturated carbocycles. The highest BCUT2D eigenvalue weighted by Gasteiger charge is 2.19. The predicted octanol–water partition coefficient (Wildman–Crippen LogP) is 2.15. The molecule has 1 unspecified atom stereocenters. The largest absolute Gasteiger partial charge is 0.438 e. The molecule has 1 heterocycles. The Bertz CT molecular complexity index is 878. The van der Waals surface area contributed by atoms with Crippen molar-refractivity contribution in [2.75, 3.05) is 0 Å². The van der Waals surface area contributed by atoms with Crippen molar-refractivity contribution in [1.82, 2.24) is 15.5 Å². The van der Waals surface area contributed by atoms with Crippen molar-refractivity contribution in [3.63, 3.8) is 0 Å². The number of rotatable bonds is 6. The highest BCUT2D eigenvalue weighted by Crippen LogP contribution is 2.13. The van der Waals surface area contributed by atoms with E-state index >= 15 is 0 Å². The summed E-state index contributed by atoms with van der Waals surface area (Å²) in [4.78, 5) is 24.3. The Morgan fingerprint density at radius 1 is 1.08 bits per heavy atom. The molecule has 7 heteroatoms. The minimum atomic E-state index is -0.907. The van der Waals surface area contributed by atoms with Gasteiger partial charge in [0.2, 0.25) is 0 Å². The van der Waals surface area contributed by atoms with Gasteiger partial charge < -0.3 is 10.1 Å². The highest BCUT2D eigenvalue weighted by molar-refractivity contribution is 5.95. The number of aromatic nitrogens is 2. The van der Waals surface area contributed by atoms with Crippen LogP contribution in [0.4, 0.5) is 0 Å². The van der Waals surface area contributed by atoms with Crippen LogP contribution in [0.2, 0.25) is 0 Å². The zero-order valence-corrected chi connectivity index (χ0v) is 13.9. The average molecular weight is 350 g/mol. The topological polar surface area (TPSA) is 110 Å². The van der Waals surface area contributed by atoms with Crippen LogP contribution in [0, 0.1) is 0 Å². The molecule has 4 N–H and O–H groups in total. The van der Waals surface area contributed by atoms with E-state index in [2.05, 4.69) is 15.5 Å². The third-order valence-corrected chi connectivity index (χ3v) is 3.69. The molecule has 3 aromatic rings. The van der Waals surface area contributed by atoms with E-state index in [1.54, 1.807) is 24.3 Å². The number of ether oxygens (including phenoxy) is 1. The SMILES string of the molecule is NC(OC(=O)c1cc(C(=O)NCc2ccccc2)[nH]n1)c1ccccc1. The molecule has 26 heavy (non-hydrogen) atoms. The number of benzene rings is 2. The Hall–Kier alpha value is -3.45. The number of amides is 1. The molecular weight excluding hydrogens is 332 g/mol. The van der Waals surface area contributed by atoms with Gasteiger partial charge in [0.1, 0.15) is 5.69 Å². The highest BCUT2D eigenvalue weighted by atomic mass is 16.6. The normalized spacial score (nSPS) is 11.6. The molecule has 3 rings (SSSR count). The first-order valence-electron chi connectivity index (χ1n) is 8.02. The first-order valence-corrected chi connectivity index (χ1v) is 8.02. The predicted molar refractivity (Wildman–Crippen MR) is 95.0 cm³/mol. The smallest absolute Gasteiger partial charge is 0.360 e. The van der Waals surface area contributed by atoms with Crippen molar-refractivity contribution < 1.29 is 14.3 Å². The molecule has 7 nitrogen and oxygen atoms in total. The number of aromatic amines is 1. The van der Waals surface area contributed by atoms with Crippen LogP contribution < -0.4 is 11.1 Å². The minimum absolute atomic E-state index is 0.0127. The van der Waals surface area contributed by atoms with Gasteiger partial charge in [-0.05, 0) is 5.56 Å². The summed E-state index contributed by atoms with van der Waals surface area (Å²) in [6.07, 6.45) is -0.907. The third-order valence-electron chi connectivity index (χ3n) is 3.69. The fourth-order valence-electron chi connectivity index (χ4n) is 2.30. The van der Waals surface area contributed by atoms with E-state index in [4.69, 9.17) is 10.5 Å². The number of H-pyrrole nitrogens is 1. The lowest BCUT2D eigenvalue weighted by Gasteiger charge is -2.12. The molecule has 0 aliphatic heterocycles. The average Bonchev–Trinajstić information content (AvgIpc) is 3.18. The van der Waals surface area contributed by atoms with Gasteiger partial charge >= 0.3 is 5.97 Å². The molecule has 132 valence electrons. The van der Waals surface area contributed by atoms with Gasteiger partial charge in [-0.1, -0.05) is 60.7 Å². The molecule has 2 aromatic carbocycles. The van der Waals surface area contributed by atoms with Crippen LogP contribution in [0.5, 0.6) is 0 Å². The van der Waals surface area contributed by atoms with Crippen LogP contribution in [0.1, 0.15) is 38.3 Å². The molecular formula is C19H18N4O3.